The van der Waals surface area contributed by atoms with Crippen LogP contribution in [0.4, 0.5) is 5.69 Å². The molecule has 1 aliphatic heterocycles. The van der Waals surface area contributed by atoms with Gasteiger partial charge >= 0.3 is 0 Å². The first-order chi connectivity index (χ1) is 9.84. The zero-order valence-corrected chi connectivity index (χ0v) is 11.8. The van der Waals surface area contributed by atoms with Crippen LogP contribution < -0.4 is 5.11 Å². The Kier molecular flexibility index (Phi) is 4.24. The maximum atomic E-state index is 12.4. The molecule has 1 heterocycles. The van der Waals surface area contributed by atoms with Crippen LogP contribution in [-0.2, 0) is 14.8 Å². The number of benzene rings is 1. The number of aliphatic carboxylic acids is 1. The maximum Gasteiger partial charge on any atom is 0.269 e. The monoisotopic (exact) mass is 313 g/mol. The molecule has 2 rings (SSSR count). The van der Waals surface area contributed by atoms with Crippen LogP contribution in [-0.4, -0.2) is 36.2 Å². The summed E-state index contributed by atoms with van der Waals surface area (Å²) in [5.41, 5.74) is -0.232. The van der Waals surface area contributed by atoms with Gasteiger partial charge in [0.1, 0.15) is 0 Å². The van der Waals surface area contributed by atoms with Crippen molar-refractivity contribution in [2.75, 3.05) is 6.54 Å². The lowest BCUT2D eigenvalue weighted by Crippen LogP contribution is -2.52. The zero-order chi connectivity index (χ0) is 15.6. The van der Waals surface area contributed by atoms with E-state index < -0.39 is 27.0 Å². The lowest BCUT2D eigenvalue weighted by atomic mass is 10.1. The van der Waals surface area contributed by atoms with Gasteiger partial charge in [-0.25, -0.2) is 8.42 Å². The molecule has 114 valence electrons. The molecule has 1 aliphatic rings. The Morgan fingerprint density at radius 2 is 1.86 bits per heavy atom. The summed E-state index contributed by atoms with van der Waals surface area (Å²) in [5, 5.41) is 21.6. The molecule has 0 N–H and O–H groups in total. The minimum absolute atomic E-state index is 0.0952. The van der Waals surface area contributed by atoms with Crippen LogP contribution in [0.25, 0.3) is 0 Å². The molecule has 0 radical (unpaired) electrons. The van der Waals surface area contributed by atoms with Crippen molar-refractivity contribution in [1.29, 1.82) is 0 Å². The first-order valence-corrected chi connectivity index (χ1v) is 7.75. The van der Waals surface area contributed by atoms with E-state index in [9.17, 15) is 28.4 Å². The number of sulfonamides is 1. The first kappa shape index (κ1) is 15.4. The third kappa shape index (κ3) is 3.03. The molecule has 0 aromatic heterocycles. The summed E-state index contributed by atoms with van der Waals surface area (Å²) in [6.45, 7) is 0.0952. The molecule has 21 heavy (non-hydrogen) atoms. The molecule has 1 aromatic carbocycles. The van der Waals surface area contributed by atoms with Gasteiger partial charge in [0, 0.05) is 18.7 Å². The van der Waals surface area contributed by atoms with Gasteiger partial charge in [-0.05, 0) is 25.0 Å². The van der Waals surface area contributed by atoms with Crippen LogP contribution in [0.1, 0.15) is 19.3 Å². The number of carbonyl (C=O) groups is 1. The Labute approximate surface area is 121 Å². The van der Waals surface area contributed by atoms with E-state index in [1.165, 1.54) is 0 Å². The molecule has 0 bridgehead atoms. The minimum atomic E-state index is -4.01. The van der Waals surface area contributed by atoms with Gasteiger partial charge in [0.2, 0.25) is 10.0 Å². The number of nitro groups is 1. The SMILES string of the molecule is O=C([O-])[C@H]1CCCCN1S(=O)(=O)c1ccc([N+](=O)[O-])cc1. The molecule has 0 amide bonds. The van der Waals surface area contributed by atoms with Crippen LogP contribution in [0.2, 0.25) is 0 Å². The fraction of sp³-hybridized carbons (Fsp3) is 0.417. The van der Waals surface area contributed by atoms with E-state index >= 15 is 0 Å². The van der Waals surface area contributed by atoms with E-state index in [0.29, 0.717) is 12.8 Å². The molecular weight excluding hydrogens is 300 g/mol. The number of hydrogen-bond donors (Lipinski definition) is 0. The molecule has 9 heteroatoms. The second kappa shape index (κ2) is 5.78. The lowest BCUT2D eigenvalue weighted by Gasteiger charge is -2.35. The second-order valence-corrected chi connectivity index (χ2v) is 6.59. The topological polar surface area (TPSA) is 121 Å². The molecule has 0 saturated carbocycles. The Morgan fingerprint density at radius 3 is 2.38 bits per heavy atom. The van der Waals surface area contributed by atoms with Crippen LogP contribution in [0.5, 0.6) is 0 Å². The van der Waals surface area contributed by atoms with Gasteiger partial charge in [-0.2, -0.15) is 4.31 Å². The molecule has 1 fully saturated rings. The van der Waals surface area contributed by atoms with Crippen LogP contribution in [0.3, 0.4) is 0 Å². The number of carboxylic acids is 1. The number of rotatable bonds is 4. The lowest BCUT2D eigenvalue weighted by molar-refractivity contribution is -0.384. The summed E-state index contributed by atoms with van der Waals surface area (Å²) in [5.74, 6) is -1.43. The van der Waals surface area contributed by atoms with E-state index in [2.05, 4.69) is 0 Å². The summed E-state index contributed by atoms with van der Waals surface area (Å²) < 4.78 is 25.8. The number of nitro benzene ring substituents is 1. The van der Waals surface area contributed by atoms with Crippen LogP contribution in [0, 0.1) is 10.1 Å². The van der Waals surface area contributed by atoms with Gasteiger partial charge in [0.05, 0.1) is 21.8 Å². The van der Waals surface area contributed by atoms with E-state index in [1.807, 2.05) is 0 Å². The van der Waals surface area contributed by atoms with Crippen molar-refractivity contribution >= 4 is 21.7 Å². The molecule has 0 unspecified atom stereocenters. The number of piperidine rings is 1. The normalized spacial score (nSPS) is 20.1. The smallest absolute Gasteiger partial charge is 0.269 e. The van der Waals surface area contributed by atoms with Crippen molar-refractivity contribution in [2.24, 2.45) is 0 Å². The molecule has 0 aliphatic carbocycles. The van der Waals surface area contributed by atoms with Crippen molar-refractivity contribution in [3.8, 4) is 0 Å². The fourth-order valence-electron chi connectivity index (χ4n) is 2.30. The molecule has 1 atom stereocenters. The first-order valence-electron chi connectivity index (χ1n) is 6.31. The summed E-state index contributed by atoms with van der Waals surface area (Å²) in [7, 11) is -4.01. The zero-order valence-electron chi connectivity index (χ0n) is 11.0. The molecule has 0 spiro atoms. The number of hydrogen-bond acceptors (Lipinski definition) is 6. The number of carboxylic acid groups (broad SMARTS) is 1. The average molecular weight is 313 g/mol. The number of nitrogens with zero attached hydrogens (tertiary/aromatic N) is 2. The third-order valence-corrected chi connectivity index (χ3v) is 5.30. The molecule has 8 nitrogen and oxygen atoms in total. The highest BCUT2D eigenvalue weighted by Gasteiger charge is 2.34. The van der Waals surface area contributed by atoms with E-state index in [4.69, 9.17) is 0 Å². The maximum absolute atomic E-state index is 12.4. The van der Waals surface area contributed by atoms with E-state index in [-0.39, 0.29) is 23.5 Å². The van der Waals surface area contributed by atoms with Gasteiger partial charge in [-0.15, -0.1) is 0 Å². The van der Waals surface area contributed by atoms with Crippen LogP contribution in [0.15, 0.2) is 29.2 Å². The van der Waals surface area contributed by atoms with E-state index in [1.54, 1.807) is 0 Å². The van der Waals surface area contributed by atoms with Gasteiger partial charge < -0.3 is 9.90 Å². The van der Waals surface area contributed by atoms with Crippen LogP contribution >= 0.6 is 0 Å². The Balaban J connectivity index is 2.35. The van der Waals surface area contributed by atoms with Crippen molar-refractivity contribution in [3.05, 3.63) is 34.4 Å². The third-order valence-electron chi connectivity index (χ3n) is 3.38. The highest BCUT2D eigenvalue weighted by molar-refractivity contribution is 7.89. The van der Waals surface area contributed by atoms with Gasteiger partial charge in [-0.1, -0.05) is 6.42 Å². The standard InChI is InChI=1S/C12H14N2O6S/c15-12(16)11-3-1-2-8-13(11)21(19,20)10-6-4-9(5-7-10)14(17)18/h4-7,11H,1-3,8H2,(H,15,16)/p-1/t11-/m1/s1. The molecule has 1 aromatic rings. The summed E-state index contributed by atoms with van der Waals surface area (Å²) in [6, 6.07) is 3.16. The Hall–Kier alpha value is -2.00. The average Bonchev–Trinajstić information content (AvgIpc) is 2.47. The highest BCUT2D eigenvalue weighted by atomic mass is 32.2. The summed E-state index contributed by atoms with van der Waals surface area (Å²) in [6.07, 6.45) is 1.38. The van der Waals surface area contributed by atoms with Crippen molar-refractivity contribution in [2.45, 2.75) is 30.2 Å². The molecule has 1 saturated heterocycles. The Bertz CT molecular complexity index is 655. The fourth-order valence-corrected chi connectivity index (χ4v) is 3.95. The highest BCUT2D eigenvalue weighted by Crippen LogP contribution is 2.26. The van der Waals surface area contributed by atoms with Crippen molar-refractivity contribution in [3.63, 3.8) is 0 Å². The number of non-ortho nitro benzene ring substituents is 1. The Morgan fingerprint density at radius 1 is 1.24 bits per heavy atom. The van der Waals surface area contributed by atoms with Crippen molar-refractivity contribution < 1.29 is 23.2 Å². The number of carbonyl (C=O) groups excluding carboxylic acids is 1. The van der Waals surface area contributed by atoms with Gasteiger partial charge in [0.25, 0.3) is 5.69 Å². The largest absolute Gasteiger partial charge is 0.548 e. The second-order valence-electron chi connectivity index (χ2n) is 4.70. The molecular formula is C12H13N2O6S-. The quantitative estimate of drug-likeness (QED) is 0.564. The van der Waals surface area contributed by atoms with Gasteiger partial charge in [-0.3, -0.25) is 10.1 Å². The van der Waals surface area contributed by atoms with Gasteiger partial charge in [0.15, 0.2) is 0 Å². The predicted octanol–water partition coefficient (Wildman–Crippen LogP) is -0.112. The van der Waals surface area contributed by atoms with E-state index in [0.717, 1.165) is 28.6 Å². The minimum Gasteiger partial charge on any atom is -0.548 e. The van der Waals surface area contributed by atoms with Crippen molar-refractivity contribution in [1.82, 2.24) is 4.31 Å². The summed E-state index contributed by atoms with van der Waals surface area (Å²) >= 11 is 0. The predicted molar refractivity (Wildman–Crippen MR) is 69.6 cm³/mol. The summed E-state index contributed by atoms with van der Waals surface area (Å²) in [4.78, 5) is 20.8.